The van der Waals surface area contributed by atoms with Gasteiger partial charge in [-0.15, -0.1) is 5.10 Å². The average Bonchev–Trinajstić information content (AvgIpc) is 3.00. The molecule has 2 aromatic rings. The highest BCUT2D eigenvalue weighted by molar-refractivity contribution is 5.95. The molecule has 1 N–H and O–H groups in total. The Morgan fingerprint density at radius 1 is 1.28 bits per heavy atom. The van der Waals surface area contributed by atoms with E-state index in [4.69, 9.17) is 14.6 Å². The van der Waals surface area contributed by atoms with Gasteiger partial charge in [0, 0.05) is 12.6 Å². The fraction of sp³-hybridized carbons (Fsp3) is 0.375. The van der Waals surface area contributed by atoms with E-state index in [1.165, 1.54) is 9.58 Å². The van der Waals surface area contributed by atoms with Crippen molar-refractivity contribution in [3.8, 4) is 17.2 Å². The minimum atomic E-state index is -1.08. The van der Waals surface area contributed by atoms with Gasteiger partial charge in [-0.3, -0.25) is 9.59 Å². The van der Waals surface area contributed by atoms with E-state index in [2.05, 4.69) is 10.3 Å². The minimum Gasteiger partial charge on any atom is -0.486 e. The smallest absolute Gasteiger partial charge is 0.323 e. The maximum Gasteiger partial charge on any atom is 0.323 e. The number of aromatic nitrogens is 3. The van der Waals surface area contributed by atoms with Gasteiger partial charge in [0.1, 0.15) is 19.8 Å². The lowest BCUT2D eigenvalue weighted by Crippen LogP contribution is -2.36. The quantitative estimate of drug-likeness (QED) is 0.857. The van der Waals surface area contributed by atoms with E-state index >= 15 is 0 Å². The average molecular weight is 346 g/mol. The molecule has 2 heterocycles. The Morgan fingerprint density at radius 3 is 2.68 bits per heavy atom. The van der Waals surface area contributed by atoms with Gasteiger partial charge in [-0.25, -0.2) is 4.68 Å². The van der Waals surface area contributed by atoms with Crippen LogP contribution in [-0.2, 0) is 4.79 Å². The predicted octanol–water partition coefficient (Wildman–Crippen LogP) is 0.894. The molecule has 0 aliphatic carbocycles. The summed E-state index contributed by atoms with van der Waals surface area (Å²) >= 11 is 0. The summed E-state index contributed by atoms with van der Waals surface area (Å²) in [6, 6.07) is 5.33. The molecule has 0 saturated carbocycles. The number of benzene rings is 1. The lowest BCUT2D eigenvalue weighted by molar-refractivity contribution is -0.137. The highest BCUT2D eigenvalue weighted by Crippen LogP contribution is 2.32. The Balaban J connectivity index is 1.91. The molecule has 0 atom stereocenters. The lowest BCUT2D eigenvalue weighted by atomic mass is 10.2. The van der Waals surface area contributed by atoms with Gasteiger partial charge < -0.3 is 19.5 Å². The number of rotatable bonds is 5. The maximum absolute atomic E-state index is 12.5. The van der Waals surface area contributed by atoms with Crippen molar-refractivity contribution in [1.29, 1.82) is 0 Å². The molecule has 9 nitrogen and oxygen atoms in total. The van der Waals surface area contributed by atoms with E-state index < -0.39 is 11.9 Å². The number of carbonyl (C=O) groups is 2. The van der Waals surface area contributed by atoms with Crippen LogP contribution >= 0.6 is 0 Å². The van der Waals surface area contributed by atoms with Crippen LogP contribution in [0, 0.1) is 6.92 Å². The first-order chi connectivity index (χ1) is 12.0. The SMILES string of the molecule is CCN(CC(=O)O)C(=O)c1nnn(-c2ccc3c(c2)OCCO3)c1C. The molecular formula is C16H18N4O5. The minimum absolute atomic E-state index is 0.123. The van der Waals surface area contributed by atoms with E-state index in [1.54, 1.807) is 32.0 Å². The number of aliphatic carboxylic acids is 1. The molecule has 9 heteroatoms. The third kappa shape index (κ3) is 3.25. The number of hydrogen-bond acceptors (Lipinski definition) is 6. The molecule has 3 rings (SSSR count). The highest BCUT2D eigenvalue weighted by atomic mass is 16.6. The molecule has 0 spiro atoms. The van der Waals surface area contributed by atoms with Gasteiger partial charge >= 0.3 is 5.97 Å². The molecule has 0 unspecified atom stereocenters. The molecule has 1 aliphatic rings. The second-order valence-electron chi connectivity index (χ2n) is 5.48. The third-order valence-electron chi connectivity index (χ3n) is 3.86. The van der Waals surface area contributed by atoms with E-state index in [0.29, 0.717) is 36.1 Å². The van der Waals surface area contributed by atoms with Crippen LogP contribution in [0.5, 0.6) is 11.5 Å². The van der Waals surface area contributed by atoms with Crippen molar-refractivity contribution in [3.05, 3.63) is 29.6 Å². The first kappa shape index (κ1) is 16.7. The second kappa shape index (κ2) is 6.80. The van der Waals surface area contributed by atoms with E-state index in [-0.39, 0.29) is 18.8 Å². The number of amides is 1. The zero-order chi connectivity index (χ0) is 18.0. The van der Waals surface area contributed by atoms with Crippen LogP contribution in [0.1, 0.15) is 23.1 Å². The first-order valence-corrected chi connectivity index (χ1v) is 7.84. The Morgan fingerprint density at radius 2 is 2.00 bits per heavy atom. The van der Waals surface area contributed by atoms with Gasteiger partial charge in [0.2, 0.25) is 0 Å². The summed E-state index contributed by atoms with van der Waals surface area (Å²) in [4.78, 5) is 24.6. The first-order valence-electron chi connectivity index (χ1n) is 7.84. The van der Waals surface area contributed by atoms with Crippen molar-refractivity contribution in [2.24, 2.45) is 0 Å². The van der Waals surface area contributed by atoms with Crippen LogP contribution in [0.2, 0.25) is 0 Å². The zero-order valence-electron chi connectivity index (χ0n) is 13.9. The summed E-state index contributed by atoms with van der Waals surface area (Å²) < 4.78 is 12.6. The summed E-state index contributed by atoms with van der Waals surface area (Å²) in [5.74, 6) is -0.284. The van der Waals surface area contributed by atoms with E-state index in [0.717, 1.165) is 0 Å². The number of ether oxygens (including phenoxy) is 2. The second-order valence-corrected chi connectivity index (χ2v) is 5.48. The molecule has 0 saturated heterocycles. The van der Waals surface area contributed by atoms with E-state index in [1.807, 2.05) is 0 Å². The molecule has 0 fully saturated rings. The van der Waals surface area contributed by atoms with Crippen LogP contribution in [0.4, 0.5) is 0 Å². The van der Waals surface area contributed by atoms with Crippen LogP contribution in [0.3, 0.4) is 0 Å². The molecule has 25 heavy (non-hydrogen) atoms. The summed E-state index contributed by atoms with van der Waals surface area (Å²) in [5, 5.41) is 16.9. The fourth-order valence-corrected chi connectivity index (χ4v) is 2.58. The fourth-order valence-electron chi connectivity index (χ4n) is 2.58. The summed E-state index contributed by atoms with van der Waals surface area (Å²) in [7, 11) is 0. The van der Waals surface area contributed by atoms with Crippen molar-refractivity contribution in [1.82, 2.24) is 19.9 Å². The molecule has 0 radical (unpaired) electrons. The standard InChI is InChI=1S/C16H18N4O5/c1-3-19(9-14(21)22)16(23)15-10(2)20(18-17-15)11-4-5-12-13(8-11)25-7-6-24-12/h4-5,8H,3,6-7,9H2,1-2H3,(H,21,22). The predicted molar refractivity (Wildman–Crippen MR) is 86.3 cm³/mol. The van der Waals surface area contributed by atoms with Gasteiger partial charge in [-0.2, -0.15) is 0 Å². The third-order valence-corrected chi connectivity index (χ3v) is 3.86. The Labute approximate surface area is 143 Å². The van der Waals surface area contributed by atoms with Crippen molar-refractivity contribution < 1.29 is 24.2 Å². The number of fused-ring (bicyclic) bond motifs is 1. The number of hydrogen-bond donors (Lipinski definition) is 1. The van der Waals surface area contributed by atoms with Crippen LogP contribution in [0.15, 0.2) is 18.2 Å². The van der Waals surface area contributed by atoms with Crippen LogP contribution in [0.25, 0.3) is 5.69 Å². The number of nitrogens with zero attached hydrogens (tertiary/aromatic N) is 4. The normalized spacial score (nSPS) is 12.7. The number of carboxylic acids is 1. The molecule has 0 bridgehead atoms. The molecule has 132 valence electrons. The van der Waals surface area contributed by atoms with Gasteiger partial charge in [0.05, 0.1) is 11.4 Å². The van der Waals surface area contributed by atoms with Gasteiger partial charge in [-0.05, 0) is 26.0 Å². The van der Waals surface area contributed by atoms with Crippen molar-refractivity contribution in [3.63, 3.8) is 0 Å². The molecule has 1 aromatic carbocycles. The summed E-state index contributed by atoms with van der Waals surface area (Å²) in [6.07, 6.45) is 0. The van der Waals surface area contributed by atoms with Crippen molar-refractivity contribution in [2.45, 2.75) is 13.8 Å². The largest absolute Gasteiger partial charge is 0.486 e. The van der Waals surface area contributed by atoms with Gasteiger partial charge in [-0.1, -0.05) is 5.21 Å². The molecular weight excluding hydrogens is 328 g/mol. The van der Waals surface area contributed by atoms with Crippen LogP contribution < -0.4 is 9.47 Å². The topological polar surface area (TPSA) is 107 Å². The lowest BCUT2D eigenvalue weighted by Gasteiger charge is -2.19. The highest BCUT2D eigenvalue weighted by Gasteiger charge is 2.24. The number of carboxylic acid groups (broad SMARTS) is 1. The zero-order valence-corrected chi connectivity index (χ0v) is 13.9. The summed E-state index contributed by atoms with van der Waals surface area (Å²) in [5.41, 5.74) is 1.32. The number of likely N-dealkylation sites (N-methyl/N-ethyl adjacent to an activating group) is 1. The monoisotopic (exact) mass is 346 g/mol. The molecule has 1 amide bonds. The molecule has 1 aromatic heterocycles. The maximum atomic E-state index is 12.5. The van der Waals surface area contributed by atoms with Gasteiger partial charge in [0.25, 0.3) is 5.91 Å². The molecule has 1 aliphatic heterocycles. The Kier molecular flexibility index (Phi) is 4.55. The number of carbonyl (C=O) groups excluding carboxylic acids is 1. The van der Waals surface area contributed by atoms with Gasteiger partial charge in [0.15, 0.2) is 17.2 Å². The van der Waals surface area contributed by atoms with Crippen molar-refractivity contribution >= 4 is 11.9 Å². The van der Waals surface area contributed by atoms with Crippen LogP contribution in [-0.4, -0.2) is 63.2 Å². The summed E-state index contributed by atoms with van der Waals surface area (Å²) in [6.45, 7) is 4.27. The van der Waals surface area contributed by atoms with E-state index in [9.17, 15) is 9.59 Å². The van der Waals surface area contributed by atoms with Crippen molar-refractivity contribution in [2.75, 3.05) is 26.3 Å². The Bertz CT molecular complexity index is 817. The Hall–Kier alpha value is -3.10.